The first-order valence-electron chi connectivity index (χ1n) is 2.51. The number of fused-ring (bicyclic) bond motifs is 1. The van der Waals surface area contributed by atoms with Crippen molar-refractivity contribution in [2.45, 2.75) is 0 Å². The van der Waals surface area contributed by atoms with Crippen molar-refractivity contribution in [2.24, 2.45) is 4.99 Å². The van der Waals surface area contributed by atoms with E-state index in [0.717, 1.165) is 5.70 Å². The van der Waals surface area contributed by atoms with Crippen molar-refractivity contribution in [2.75, 3.05) is 0 Å². The summed E-state index contributed by atoms with van der Waals surface area (Å²) in [4.78, 5) is 3.92. The van der Waals surface area contributed by atoms with Crippen LogP contribution >= 0.6 is 12.1 Å². The summed E-state index contributed by atoms with van der Waals surface area (Å²) in [6.45, 7) is 0. The Hall–Kier alpha value is -0.900. The molecule has 0 unspecified atom stereocenters. The van der Waals surface area contributed by atoms with Crippen LogP contribution in [-0.4, -0.2) is 10.5 Å². The highest BCUT2D eigenvalue weighted by Gasteiger charge is 2.13. The first-order chi connectivity index (χ1) is 4.47. The van der Waals surface area contributed by atoms with Crippen molar-refractivity contribution >= 4 is 18.3 Å². The number of hydrogen-bond donors (Lipinski definition) is 1. The predicted molar refractivity (Wildman–Crippen MR) is 37.0 cm³/mol. The lowest BCUT2D eigenvalue weighted by molar-refractivity contribution is 0.819. The second-order valence-corrected chi connectivity index (χ2v) is 2.39. The van der Waals surface area contributed by atoms with E-state index in [-0.39, 0.29) is 0 Å². The maximum Gasteiger partial charge on any atom is 0.0986 e. The monoisotopic (exact) mass is 138 g/mol. The van der Waals surface area contributed by atoms with E-state index in [1.54, 1.807) is 12.4 Å². The van der Waals surface area contributed by atoms with Crippen molar-refractivity contribution in [1.29, 1.82) is 0 Å². The van der Waals surface area contributed by atoms with E-state index < -0.39 is 0 Å². The van der Waals surface area contributed by atoms with Crippen LogP contribution in [-0.2, 0) is 0 Å². The Morgan fingerprint density at radius 2 is 2.78 bits per heavy atom. The quantitative estimate of drug-likeness (QED) is 0.498. The Balaban J connectivity index is 2.33. The molecule has 3 nitrogen and oxygen atoms in total. The summed E-state index contributed by atoms with van der Waals surface area (Å²) in [5, 5.41) is 0. The van der Waals surface area contributed by atoms with Crippen LogP contribution in [0.5, 0.6) is 0 Å². The lowest BCUT2D eigenvalue weighted by Crippen LogP contribution is -2.06. The highest BCUT2D eigenvalue weighted by Crippen LogP contribution is 2.20. The van der Waals surface area contributed by atoms with Crippen LogP contribution < -0.4 is 4.72 Å². The molecule has 4 heteroatoms. The van der Waals surface area contributed by atoms with Crippen molar-refractivity contribution in [3.05, 3.63) is 24.3 Å². The molecule has 0 amide bonds. The van der Waals surface area contributed by atoms with Gasteiger partial charge in [0, 0.05) is 12.4 Å². The molecule has 2 aliphatic heterocycles. The second kappa shape index (κ2) is 1.80. The van der Waals surface area contributed by atoms with Crippen LogP contribution in [0.1, 0.15) is 0 Å². The van der Waals surface area contributed by atoms with Crippen molar-refractivity contribution in [1.82, 2.24) is 9.03 Å². The molecule has 1 N–H and O–H groups in total. The Kier molecular flexibility index (Phi) is 0.989. The maximum atomic E-state index is 3.92. The predicted octanol–water partition coefficient (Wildman–Crippen LogP) is 0.655. The minimum absolute atomic E-state index is 0.975. The third kappa shape index (κ3) is 0.712. The summed E-state index contributed by atoms with van der Waals surface area (Å²) in [7, 11) is 0. The van der Waals surface area contributed by atoms with E-state index in [2.05, 4.69) is 15.9 Å². The molecule has 0 aromatic rings. The topological polar surface area (TPSA) is 27.6 Å². The zero-order valence-corrected chi connectivity index (χ0v) is 5.35. The van der Waals surface area contributed by atoms with Gasteiger partial charge in [-0.15, -0.1) is 0 Å². The molecule has 0 saturated carbocycles. The highest BCUT2D eigenvalue weighted by molar-refractivity contribution is 7.95. The fourth-order valence-corrected chi connectivity index (χ4v) is 1.20. The summed E-state index contributed by atoms with van der Waals surface area (Å²) < 4.78 is 4.83. The normalized spacial score (nSPS) is 21.3. The van der Waals surface area contributed by atoms with Gasteiger partial charge in [-0.2, -0.15) is 0 Å². The number of hydrogen-bond acceptors (Lipinski definition) is 4. The third-order valence-corrected chi connectivity index (χ3v) is 1.75. The van der Waals surface area contributed by atoms with Gasteiger partial charge in [0.05, 0.1) is 30.2 Å². The number of nitrogens with zero attached hydrogens (tertiary/aromatic N) is 2. The van der Waals surface area contributed by atoms with Crippen molar-refractivity contribution in [3.8, 4) is 0 Å². The van der Waals surface area contributed by atoms with Gasteiger partial charge < -0.3 is 4.72 Å². The Labute approximate surface area is 57.4 Å². The van der Waals surface area contributed by atoms with Gasteiger partial charge in [0.25, 0.3) is 0 Å². The summed E-state index contributed by atoms with van der Waals surface area (Å²) >= 11 is 1.48. The summed E-state index contributed by atoms with van der Waals surface area (Å²) in [5.74, 6) is 0. The Morgan fingerprint density at radius 3 is 3.67 bits per heavy atom. The standard InChI is InChI=1S/C5H4N3S/c1-2-8-5(3-6-1)4-7-9-8/h1-3,7H. The lowest BCUT2D eigenvalue weighted by Gasteiger charge is -2.11. The van der Waals surface area contributed by atoms with Crippen LogP contribution in [0.4, 0.5) is 0 Å². The van der Waals surface area contributed by atoms with Gasteiger partial charge in [-0.05, 0) is 0 Å². The molecule has 0 aromatic carbocycles. The molecule has 45 valence electrons. The minimum Gasteiger partial charge on any atom is -0.308 e. The minimum atomic E-state index is 0.975. The number of aliphatic imine (C=N–C) groups is 1. The van der Waals surface area contributed by atoms with E-state index in [0.29, 0.717) is 0 Å². The zero-order valence-electron chi connectivity index (χ0n) is 4.53. The smallest absolute Gasteiger partial charge is 0.0986 e. The molecule has 0 atom stereocenters. The van der Waals surface area contributed by atoms with Gasteiger partial charge in [-0.1, -0.05) is 0 Å². The zero-order chi connectivity index (χ0) is 6.10. The molecular weight excluding hydrogens is 134 g/mol. The first kappa shape index (κ1) is 4.93. The average molecular weight is 138 g/mol. The van der Waals surface area contributed by atoms with E-state index in [1.165, 1.54) is 12.1 Å². The molecule has 0 aliphatic carbocycles. The second-order valence-electron chi connectivity index (χ2n) is 1.61. The van der Waals surface area contributed by atoms with Gasteiger partial charge in [-0.3, -0.25) is 9.30 Å². The molecule has 0 spiro atoms. The molecule has 0 bridgehead atoms. The molecule has 0 aromatic heterocycles. The van der Waals surface area contributed by atoms with Gasteiger partial charge in [-0.25, -0.2) is 0 Å². The van der Waals surface area contributed by atoms with E-state index >= 15 is 0 Å². The summed E-state index contributed by atoms with van der Waals surface area (Å²) in [6.07, 6.45) is 8.29. The number of nitrogens with one attached hydrogen (secondary N) is 1. The largest absolute Gasteiger partial charge is 0.308 e. The molecular formula is C5H4N3S. The molecule has 2 aliphatic rings. The fraction of sp³-hybridized carbons (Fsp3) is 0. The van der Waals surface area contributed by atoms with Gasteiger partial charge >= 0.3 is 0 Å². The van der Waals surface area contributed by atoms with Crippen LogP contribution in [0.15, 0.2) is 23.1 Å². The summed E-state index contributed by atoms with van der Waals surface area (Å²) in [5.41, 5.74) is 0.975. The molecule has 0 fully saturated rings. The third-order valence-electron chi connectivity index (χ3n) is 1.05. The van der Waals surface area contributed by atoms with Gasteiger partial charge in [0.1, 0.15) is 0 Å². The summed E-state index contributed by atoms with van der Waals surface area (Å²) in [6, 6.07) is 0. The highest BCUT2D eigenvalue weighted by atomic mass is 32.2. The van der Waals surface area contributed by atoms with Gasteiger partial charge in [0.15, 0.2) is 0 Å². The average Bonchev–Trinajstić information content (AvgIpc) is 2.33. The molecule has 1 radical (unpaired) electrons. The number of allylic oxidation sites excluding steroid dienone is 1. The molecule has 2 heterocycles. The van der Waals surface area contributed by atoms with E-state index in [9.17, 15) is 0 Å². The molecule has 0 saturated heterocycles. The Morgan fingerprint density at radius 1 is 1.78 bits per heavy atom. The fourth-order valence-electron chi connectivity index (χ4n) is 0.641. The van der Waals surface area contributed by atoms with Crippen LogP contribution in [0.3, 0.4) is 0 Å². The maximum absolute atomic E-state index is 3.92. The van der Waals surface area contributed by atoms with Gasteiger partial charge in [0.2, 0.25) is 0 Å². The lowest BCUT2D eigenvalue weighted by atomic mass is 10.5. The molecule has 2 rings (SSSR count). The Bertz CT molecular complexity index is 203. The van der Waals surface area contributed by atoms with Crippen LogP contribution in [0, 0.1) is 6.20 Å². The first-order valence-corrected chi connectivity index (χ1v) is 3.28. The SMILES string of the molecule is [C]1=C2C=NC=CN2SN1. The van der Waals surface area contributed by atoms with Crippen molar-refractivity contribution in [3.63, 3.8) is 0 Å². The van der Waals surface area contributed by atoms with Crippen LogP contribution in [0.25, 0.3) is 0 Å². The van der Waals surface area contributed by atoms with Crippen LogP contribution in [0.2, 0.25) is 0 Å². The van der Waals surface area contributed by atoms with E-state index in [1.807, 2.05) is 10.5 Å². The van der Waals surface area contributed by atoms with Crippen molar-refractivity contribution < 1.29 is 0 Å². The molecule has 9 heavy (non-hydrogen) atoms. The van der Waals surface area contributed by atoms with E-state index in [4.69, 9.17) is 0 Å². The number of rotatable bonds is 0.